The topological polar surface area (TPSA) is 158 Å². The second-order valence-corrected chi connectivity index (χ2v) is 9.73. The molecule has 0 aliphatic heterocycles. The number of aromatic nitrogens is 2. The van der Waals surface area contributed by atoms with Crippen molar-refractivity contribution in [2.45, 2.75) is 17.9 Å². The van der Waals surface area contributed by atoms with E-state index in [0.29, 0.717) is 28.2 Å². The molecule has 0 aliphatic rings. The maximum Gasteiger partial charge on any atom is 0.263 e. The Balaban J connectivity index is 0.00000400. The first-order valence-corrected chi connectivity index (χ1v) is 12.6. The fourth-order valence-corrected chi connectivity index (χ4v) is 4.41. The van der Waals surface area contributed by atoms with Crippen LogP contribution in [0.2, 0.25) is 0 Å². The number of carbonyl (C=O) groups excluding carboxylic acids is 1. The number of amides is 1. The Morgan fingerprint density at radius 1 is 0.868 bits per heavy atom. The molecule has 1 atom stereocenters. The molecule has 3 aromatic carbocycles. The van der Waals surface area contributed by atoms with Crippen molar-refractivity contribution < 1.29 is 22.7 Å². The molecule has 4 aromatic rings. The van der Waals surface area contributed by atoms with E-state index in [1.54, 1.807) is 48.5 Å². The van der Waals surface area contributed by atoms with Crippen molar-refractivity contribution in [3.63, 3.8) is 0 Å². The molecule has 5 N–H and O–H groups in total. The van der Waals surface area contributed by atoms with E-state index in [2.05, 4.69) is 25.3 Å². The molecule has 0 saturated carbocycles. The van der Waals surface area contributed by atoms with Crippen molar-refractivity contribution in [2.75, 3.05) is 29.6 Å². The van der Waals surface area contributed by atoms with E-state index in [4.69, 9.17) is 15.2 Å². The summed E-state index contributed by atoms with van der Waals surface area (Å²) in [6.07, 6.45) is 0. The van der Waals surface area contributed by atoms with Gasteiger partial charge in [-0.1, -0.05) is 18.2 Å². The Morgan fingerprint density at radius 3 is 2.05 bits per heavy atom. The van der Waals surface area contributed by atoms with Crippen LogP contribution in [0.5, 0.6) is 11.5 Å². The van der Waals surface area contributed by atoms with Crippen molar-refractivity contribution in [3.05, 3.63) is 66.7 Å². The number of para-hydroxylation sites is 2. The number of nitrogens with one attached hydrogen (secondary N) is 3. The third-order valence-corrected chi connectivity index (χ3v) is 6.58. The van der Waals surface area contributed by atoms with E-state index >= 15 is 0 Å². The van der Waals surface area contributed by atoms with Gasteiger partial charge >= 0.3 is 0 Å². The maximum absolute atomic E-state index is 13.3. The minimum Gasteiger partial charge on any atom is -0.497 e. The summed E-state index contributed by atoms with van der Waals surface area (Å²) in [6.45, 7) is 1.53. The quantitative estimate of drug-likeness (QED) is 0.239. The van der Waals surface area contributed by atoms with E-state index < -0.39 is 22.0 Å². The summed E-state index contributed by atoms with van der Waals surface area (Å²) in [7, 11) is -1.07. The van der Waals surface area contributed by atoms with Gasteiger partial charge in [0.05, 0.1) is 36.2 Å². The van der Waals surface area contributed by atoms with Gasteiger partial charge in [0.15, 0.2) is 11.6 Å². The number of hydrogen-bond donors (Lipinski definition) is 4. The Morgan fingerprint density at radius 2 is 1.47 bits per heavy atom. The molecule has 0 fully saturated rings. The van der Waals surface area contributed by atoms with Crippen LogP contribution in [-0.4, -0.2) is 44.6 Å². The van der Waals surface area contributed by atoms with E-state index in [-0.39, 0.29) is 34.6 Å². The normalized spacial score (nSPS) is 11.7. The van der Waals surface area contributed by atoms with Gasteiger partial charge in [-0.05, 0) is 37.3 Å². The molecule has 1 heterocycles. The zero-order valence-corrected chi connectivity index (χ0v) is 22.4. The summed E-state index contributed by atoms with van der Waals surface area (Å²) in [5, 5.41) is 5.69. The number of methoxy groups -OCH3 is 2. The summed E-state index contributed by atoms with van der Waals surface area (Å²) in [6, 6.07) is 17.3. The fourth-order valence-electron chi connectivity index (χ4n) is 3.36. The lowest BCUT2D eigenvalue weighted by Gasteiger charge is -2.15. The SMILES string of the molecule is COc1cc(Nc2nc3ccccc3nc2NS(=O)(=O)c2cccc(NC(=O)C(C)N)c2)cc(OC)c1.Cl. The second kappa shape index (κ2) is 11.9. The third-order valence-electron chi connectivity index (χ3n) is 5.24. The number of carbonyl (C=O) groups is 1. The largest absolute Gasteiger partial charge is 0.497 e. The predicted molar refractivity (Wildman–Crippen MR) is 149 cm³/mol. The minimum atomic E-state index is -4.13. The molecule has 0 aliphatic carbocycles. The molecule has 200 valence electrons. The highest BCUT2D eigenvalue weighted by atomic mass is 35.5. The highest BCUT2D eigenvalue weighted by Gasteiger charge is 2.20. The van der Waals surface area contributed by atoms with Gasteiger partial charge in [0.25, 0.3) is 10.0 Å². The van der Waals surface area contributed by atoms with Crippen LogP contribution in [-0.2, 0) is 14.8 Å². The summed E-state index contributed by atoms with van der Waals surface area (Å²) in [5.41, 5.74) is 7.47. The lowest BCUT2D eigenvalue weighted by Crippen LogP contribution is -2.32. The third kappa shape index (κ3) is 6.59. The number of hydrogen-bond acceptors (Lipinski definition) is 9. The molecule has 38 heavy (non-hydrogen) atoms. The molecule has 1 amide bonds. The van der Waals surface area contributed by atoms with Gasteiger partial charge < -0.3 is 25.8 Å². The Labute approximate surface area is 226 Å². The van der Waals surface area contributed by atoms with Crippen LogP contribution < -0.4 is 30.6 Å². The van der Waals surface area contributed by atoms with Crippen LogP contribution >= 0.6 is 12.4 Å². The number of fused-ring (bicyclic) bond motifs is 1. The second-order valence-electron chi connectivity index (χ2n) is 8.05. The van der Waals surface area contributed by atoms with Crippen molar-refractivity contribution in [3.8, 4) is 11.5 Å². The van der Waals surface area contributed by atoms with Crippen LogP contribution in [0.3, 0.4) is 0 Å². The molecule has 11 nitrogen and oxygen atoms in total. The Bertz CT molecular complexity index is 1540. The number of sulfonamides is 1. The number of ether oxygens (including phenoxy) is 2. The molecule has 0 radical (unpaired) electrons. The van der Waals surface area contributed by atoms with Crippen molar-refractivity contribution in [1.29, 1.82) is 0 Å². The van der Waals surface area contributed by atoms with Gasteiger partial charge in [0, 0.05) is 29.6 Å². The van der Waals surface area contributed by atoms with E-state index in [1.807, 2.05) is 0 Å². The van der Waals surface area contributed by atoms with Gasteiger partial charge in [0.1, 0.15) is 11.5 Å². The molecule has 1 aromatic heterocycles. The molecular formula is C25H27ClN6O5S. The smallest absolute Gasteiger partial charge is 0.263 e. The Kier molecular flexibility index (Phi) is 8.94. The number of rotatable bonds is 9. The van der Waals surface area contributed by atoms with Gasteiger partial charge in [-0.3, -0.25) is 9.52 Å². The van der Waals surface area contributed by atoms with E-state index in [9.17, 15) is 13.2 Å². The van der Waals surface area contributed by atoms with Crippen molar-refractivity contribution in [2.24, 2.45) is 5.73 Å². The molecule has 13 heteroatoms. The van der Waals surface area contributed by atoms with Crippen LogP contribution in [0.15, 0.2) is 71.6 Å². The average Bonchev–Trinajstić information content (AvgIpc) is 2.88. The lowest BCUT2D eigenvalue weighted by molar-refractivity contribution is -0.117. The number of benzene rings is 3. The molecule has 0 bridgehead atoms. The first-order chi connectivity index (χ1) is 17.7. The van der Waals surface area contributed by atoms with Gasteiger partial charge in [0.2, 0.25) is 5.91 Å². The molecular weight excluding hydrogens is 532 g/mol. The number of nitrogens with zero attached hydrogens (tertiary/aromatic N) is 2. The average molecular weight is 559 g/mol. The Hall–Kier alpha value is -4.13. The zero-order chi connectivity index (χ0) is 26.6. The van der Waals surface area contributed by atoms with Gasteiger partial charge in [-0.2, -0.15) is 0 Å². The first kappa shape index (κ1) is 28.4. The first-order valence-electron chi connectivity index (χ1n) is 11.1. The summed E-state index contributed by atoms with van der Waals surface area (Å²) in [5.74, 6) is 0.763. The zero-order valence-electron chi connectivity index (χ0n) is 20.8. The maximum atomic E-state index is 13.3. The monoisotopic (exact) mass is 558 g/mol. The highest BCUT2D eigenvalue weighted by Crippen LogP contribution is 2.31. The predicted octanol–water partition coefficient (Wildman–Crippen LogP) is 3.90. The van der Waals surface area contributed by atoms with Crippen LogP contribution in [0.4, 0.5) is 23.0 Å². The highest BCUT2D eigenvalue weighted by molar-refractivity contribution is 7.92. The molecule has 1 unspecified atom stereocenters. The van der Waals surface area contributed by atoms with Crippen LogP contribution in [0, 0.1) is 0 Å². The number of anilines is 4. The molecule has 0 saturated heterocycles. The fraction of sp³-hybridized carbons (Fsp3) is 0.160. The van der Waals surface area contributed by atoms with Crippen LogP contribution in [0.1, 0.15) is 6.92 Å². The number of halogens is 1. The number of nitrogens with two attached hydrogens (primary N) is 1. The molecule has 0 spiro atoms. The summed E-state index contributed by atoms with van der Waals surface area (Å²) in [4.78, 5) is 20.9. The summed E-state index contributed by atoms with van der Waals surface area (Å²) >= 11 is 0. The van der Waals surface area contributed by atoms with E-state index in [1.165, 1.54) is 39.3 Å². The summed E-state index contributed by atoms with van der Waals surface area (Å²) < 4.78 is 39.8. The van der Waals surface area contributed by atoms with Crippen LogP contribution in [0.25, 0.3) is 11.0 Å². The minimum absolute atomic E-state index is 0. The van der Waals surface area contributed by atoms with E-state index in [0.717, 1.165) is 0 Å². The van der Waals surface area contributed by atoms with Gasteiger partial charge in [-0.25, -0.2) is 18.4 Å². The molecule has 4 rings (SSSR count). The van der Waals surface area contributed by atoms with Crippen molar-refractivity contribution >= 4 is 62.4 Å². The lowest BCUT2D eigenvalue weighted by atomic mass is 10.2. The van der Waals surface area contributed by atoms with Gasteiger partial charge in [-0.15, -0.1) is 12.4 Å². The standard InChI is InChI=1S/C25H26N6O5S.ClH/c1-15(26)25(32)28-16-7-6-8-20(13-16)37(33,34)31-24-23(29-21-9-4-5-10-22(21)30-24)27-17-11-18(35-2)14-19(12-17)36-3;/h4-15H,26H2,1-3H3,(H,27,29)(H,28,32)(H,30,31);1H. The van der Waals surface area contributed by atoms with Crippen molar-refractivity contribution in [1.82, 2.24) is 9.97 Å².